The second kappa shape index (κ2) is 3.85. The molecular weight excluding hydrogens is 315 g/mol. The highest BCUT2D eigenvalue weighted by atomic mass is 127. The van der Waals surface area contributed by atoms with E-state index < -0.39 is 0 Å². The topological polar surface area (TPSA) is 36.4 Å². The molecule has 1 aromatic heterocycles. The molecule has 0 radical (unpaired) electrons. The first-order valence-electron chi connectivity index (χ1n) is 5.22. The van der Waals surface area contributed by atoms with Crippen LogP contribution in [-0.2, 0) is 0 Å². The van der Waals surface area contributed by atoms with E-state index in [4.69, 9.17) is 0 Å². The third-order valence-corrected chi connectivity index (χ3v) is 3.75. The SMILES string of the molecule is OC1CN(c2ncc(I)c3ccccc23)C1. The number of aromatic nitrogens is 1. The summed E-state index contributed by atoms with van der Waals surface area (Å²) in [6.07, 6.45) is 1.70. The predicted octanol–water partition coefficient (Wildman–Crippen LogP) is 2.02. The summed E-state index contributed by atoms with van der Waals surface area (Å²) in [6.45, 7) is 1.38. The molecule has 0 atom stereocenters. The van der Waals surface area contributed by atoms with Crippen molar-refractivity contribution in [2.45, 2.75) is 6.10 Å². The molecule has 1 aromatic carbocycles. The molecule has 1 aliphatic rings. The molecule has 0 spiro atoms. The van der Waals surface area contributed by atoms with Crippen molar-refractivity contribution in [3.05, 3.63) is 34.0 Å². The van der Waals surface area contributed by atoms with Gasteiger partial charge in [0.1, 0.15) is 5.82 Å². The van der Waals surface area contributed by atoms with Gasteiger partial charge in [-0.1, -0.05) is 24.3 Å². The minimum atomic E-state index is -0.195. The van der Waals surface area contributed by atoms with Gasteiger partial charge in [0, 0.05) is 33.6 Å². The lowest BCUT2D eigenvalue weighted by atomic mass is 10.1. The summed E-state index contributed by atoms with van der Waals surface area (Å²) in [5.41, 5.74) is 0. The van der Waals surface area contributed by atoms with E-state index in [2.05, 4.69) is 44.6 Å². The third-order valence-electron chi connectivity index (χ3n) is 2.89. The average Bonchev–Trinajstić information content (AvgIpc) is 2.27. The van der Waals surface area contributed by atoms with E-state index in [9.17, 15) is 5.11 Å². The smallest absolute Gasteiger partial charge is 0.136 e. The van der Waals surface area contributed by atoms with Crippen LogP contribution in [0.1, 0.15) is 0 Å². The maximum Gasteiger partial charge on any atom is 0.136 e. The van der Waals surface area contributed by atoms with Crippen LogP contribution in [0.2, 0.25) is 0 Å². The lowest BCUT2D eigenvalue weighted by molar-refractivity contribution is 0.141. The molecule has 1 aliphatic heterocycles. The van der Waals surface area contributed by atoms with E-state index in [1.165, 1.54) is 10.8 Å². The van der Waals surface area contributed by atoms with E-state index in [0.717, 1.165) is 9.39 Å². The van der Waals surface area contributed by atoms with Gasteiger partial charge in [0.05, 0.1) is 6.10 Å². The standard InChI is InChI=1S/C12H11IN2O/c13-11-5-14-12(15-6-8(16)7-15)10-4-2-1-3-9(10)11/h1-5,8,16H,6-7H2. The normalized spacial score (nSPS) is 16.5. The maximum atomic E-state index is 9.34. The lowest BCUT2D eigenvalue weighted by Crippen LogP contribution is -2.51. The van der Waals surface area contributed by atoms with Gasteiger partial charge in [-0.2, -0.15) is 0 Å². The Bertz CT molecular complexity index is 538. The summed E-state index contributed by atoms with van der Waals surface area (Å²) in [6, 6.07) is 8.27. The Morgan fingerprint density at radius 2 is 1.94 bits per heavy atom. The molecule has 0 amide bonds. The van der Waals surface area contributed by atoms with Crippen LogP contribution in [0.5, 0.6) is 0 Å². The van der Waals surface area contributed by atoms with Gasteiger partial charge in [-0.15, -0.1) is 0 Å². The molecule has 4 heteroatoms. The van der Waals surface area contributed by atoms with Crippen molar-refractivity contribution in [1.29, 1.82) is 0 Å². The van der Waals surface area contributed by atoms with Crippen LogP contribution in [0.3, 0.4) is 0 Å². The fourth-order valence-corrected chi connectivity index (χ4v) is 2.63. The van der Waals surface area contributed by atoms with Crippen molar-refractivity contribution in [2.24, 2.45) is 0 Å². The summed E-state index contributed by atoms with van der Waals surface area (Å²) in [7, 11) is 0. The van der Waals surface area contributed by atoms with Crippen LogP contribution in [-0.4, -0.2) is 29.3 Å². The second-order valence-electron chi connectivity index (χ2n) is 4.03. The highest BCUT2D eigenvalue weighted by Crippen LogP contribution is 2.30. The van der Waals surface area contributed by atoms with Gasteiger partial charge in [0.2, 0.25) is 0 Å². The Morgan fingerprint density at radius 1 is 1.25 bits per heavy atom. The lowest BCUT2D eigenvalue weighted by Gasteiger charge is -2.37. The van der Waals surface area contributed by atoms with E-state index in [0.29, 0.717) is 13.1 Å². The largest absolute Gasteiger partial charge is 0.389 e. The number of nitrogens with zero attached hydrogens (tertiary/aromatic N) is 2. The minimum Gasteiger partial charge on any atom is -0.389 e. The Kier molecular flexibility index (Phi) is 2.48. The molecule has 3 nitrogen and oxygen atoms in total. The van der Waals surface area contributed by atoms with Gasteiger partial charge < -0.3 is 10.0 Å². The zero-order valence-electron chi connectivity index (χ0n) is 8.60. The molecule has 3 rings (SSSR count). The third kappa shape index (κ3) is 1.56. The van der Waals surface area contributed by atoms with Crippen LogP contribution in [0.15, 0.2) is 30.5 Å². The van der Waals surface area contributed by atoms with Gasteiger partial charge in [-0.25, -0.2) is 4.98 Å². The maximum absolute atomic E-state index is 9.34. The van der Waals surface area contributed by atoms with Crippen molar-refractivity contribution >= 4 is 39.2 Å². The Balaban J connectivity index is 2.15. The van der Waals surface area contributed by atoms with E-state index in [1.54, 1.807) is 0 Å². The van der Waals surface area contributed by atoms with Crippen molar-refractivity contribution in [3.8, 4) is 0 Å². The highest BCUT2D eigenvalue weighted by molar-refractivity contribution is 14.1. The molecule has 0 aliphatic carbocycles. The minimum absolute atomic E-state index is 0.195. The monoisotopic (exact) mass is 326 g/mol. The number of aliphatic hydroxyl groups is 1. The molecule has 16 heavy (non-hydrogen) atoms. The average molecular weight is 326 g/mol. The number of anilines is 1. The zero-order valence-corrected chi connectivity index (χ0v) is 10.8. The highest BCUT2D eigenvalue weighted by Gasteiger charge is 2.26. The number of fused-ring (bicyclic) bond motifs is 1. The van der Waals surface area contributed by atoms with Gasteiger partial charge >= 0.3 is 0 Å². The predicted molar refractivity (Wildman–Crippen MR) is 72.7 cm³/mol. The Hall–Kier alpha value is -0.880. The van der Waals surface area contributed by atoms with E-state index in [-0.39, 0.29) is 6.10 Å². The molecule has 82 valence electrons. The van der Waals surface area contributed by atoms with Crippen LogP contribution in [0.25, 0.3) is 10.8 Å². The van der Waals surface area contributed by atoms with Gasteiger partial charge in [-0.3, -0.25) is 0 Å². The van der Waals surface area contributed by atoms with Crippen LogP contribution in [0.4, 0.5) is 5.82 Å². The number of hydrogen-bond acceptors (Lipinski definition) is 3. The first-order valence-corrected chi connectivity index (χ1v) is 6.30. The quantitative estimate of drug-likeness (QED) is 0.815. The Labute approximate surface area is 107 Å². The van der Waals surface area contributed by atoms with Crippen molar-refractivity contribution < 1.29 is 5.11 Å². The fourth-order valence-electron chi connectivity index (χ4n) is 2.02. The van der Waals surface area contributed by atoms with Crippen LogP contribution < -0.4 is 4.90 Å². The second-order valence-corrected chi connectivity index (χ2v) is 5.20. The number of rotatable bonds is 1. The number of pyridine rings is 1. The van der Waals surface area contributed by atoms with Gasteiger partial charge in [0.15, 0.2) is 0 Å². The molecule has 1 N–H and O–H groups in total. The number of aliphatic hydroxyl groups excluding tert-OH is 1. The van der Waals surface area contributed by atoms with Crippen LogP contribution >= 0.6 is 22.6 Å². The van der Waals surface area contributed by atoms with Gasteiger partial charge in [-0.05, 0) is 22.6 Å². The summed E-state index contributed by atoms with van der Waals surface area (Å²) in [5, 5.41) is 11.7. The number of halogens is 1. The summed E-state index contributed by atoms with van der Waals surface area (Å²) in [5.74, 6) is 0.987. The molecule has 2 heterocycles. The van der Waals surface area contributed by atoms with E-state index >= 15 is 0 Å². The summed E-state index contributed by atoms with van der Waals surface area (Å²) in [4.78, 5) is 6.58. The first-order chi connectivity index (χ1) is 7.75. The zero-order chi connectivity index (χ0) is 11.1. The molecule has 2 aromatic rings. The van der Waals surface area contributed by atoms with Crippen LogP contribution in [0, 0.1) is 3.57 Å². The summed E-state index contributed by atoms with van der Waals surface area (Å²) >= 11 is 2.30. The van der Waals surface area contributed by atoms with Gasteiger partial charge in [0.25, 0.3) is 0 Å². The van der Waals surface area contributed by atoms with E-state index in [1.807, 2.05) is 18.3 Å². The Morgan fingerprint density at radius 3 is 2.62 bits per heavy atom. The molecular formula is C12H11IN2O. The summed E-state index contributed by atoms with van der Waals surface area (Å²) < 4.78 is 1.16. The molecule has 1 fully saturated rings. The molecule has 0 unspecified atom stereocenters. The number of β-amino-alcohol motifs (C(OH)–C–C–N with tert-alkyl or cyclic N) is 1. The molecule has 1 saturated heterocycles. The number of benzene rings is 1. The number of hydrogen-bond donors (Lipinski definition) is 1. The van der Waals surface area contributed by atoms with Crippen molar-refractivity contribution in [2.75, 3.05) is 18.0 Å². The first kappa shape index (κ1) is 10.3. The van der Waals surface area contributed by atoms with Crippen molar-refractivity contribution in [1.82, 2.24) is 4.98 Å². The molecule has 0 saturated carbocycles. The molecule has 0 bridgehead atoms. The van der Waals surface area contributed by atoms with Crippen molar-refractivity contribution in [3.63, 3.8) is 0 Å². The fraction of sp³-hybridized carbons (Fsp3) is 0.250.